The lowest BCUT2D eigenvalue weighted by Gasteiger charge is -2.08. The molecular weight excluding hydrogens is 456 g/mol. The molecule has 1 aliphatic heterocycles. The number of aromatic nitrogens is 3. The minimum Gasteiger partial charge on any atom is -0.311 e. The van der Waals surface area contributed by atoms with E-state index in [4.69, 9.17) is 0 Å². The van der Waals surface area contributed by atoms with Gasteiger partial charge in [0.2, 0.25) is 4.96 Å². The van der Waals surface area contributed by atoms with Crippen molar-refractivity contribution in [3.8, 4) is 11.3 Å². The van der Waals surface area contributed by atoms with Gasteiger partial charge in [0.15, 0.2) is 5.69 Å². The highest BCUT2D eigenvalue weighted by molar-refractivity contribution is 9.10. The normalized spacial score (nSPS) is 15.2. The Morgan fingerprint density at radius 3 is 2.55 bits per heavy atom. The molecule has 0 fully saturated rings. The average Bonchev–Trinajstić information content (AvgIpc) is 3.15. The van der Waals surface area contributed by atoms with Gasteiger partial charge in [-0.25, -0.2) is 0 Å². The van der Waals surface area contributed by atoms with Crippen LogP contribution in [0.2, 0.25) is 0 Å². The Labute approximate surface area is 175 Å². The predicted molar refractivity (Wildman–Crippen MR) is 114 cm³/mol. The summed E-state index contributed by atoms with van der Waals surface area (Å²) in [6.07, 6.45) is 0. The predicted octanol–water partition coefficient (Wildman–Crippen LogP) is 1.83. The molecular formula is C20H11BrN4O3S. The highest BCUT2D eigenvalue weighted by Gasteiger charge is 2.32. The number of carbonyl (C=O) groups is 1. The molecule has 2 aromatic carbocycles. The van der Waals surface area contributed by atoms with Crippen LogP contribution in [0.4, 0.5) is 5.69 Å². The van der Waals surface area contributed by atoms with Gasteiger partial charge in [-0.15, -0.1) is 0 Å². The van der Waals surface area contributed by atoms with Gasteiger partial charge in [-0.05, 0) is 18.2 Å². The van der Waals surface area contributed by atoms with E-state index in [0.29, 0.717) is 22.4 Å². The molecule has 3 heterocycles. The maximum absolute atomic E-state index is 13.1. The smallest absolute Gasteiger partial charge is 0.300 e. The number of amides is 1. The summed E-state index contributed by atoms with van der Waals surface area (Å²) in [6, 6.07) is 14.3. The number of benzene rings is 2. The molecule has 1 amide bonds. The van der Waals surface area contributed by atoms with Crippen LogP contribution in [0, 0.1) is 0 Å². The molecule has 142 valence electrons. The topological polar surface area (TPSA) is 84.6 Å². The van der Waals surface area contributed by atoms with Crippen molar-refractivity contribution >= 4 is 49.4 Å². The summed E-state index contributed by atoms with van der Waals surface area (Å²) >= 11 is 4.41. The molecule has 0 saturated heterocycles. The van der Waals surface area contributed by atoms with Crippen LogP contribution < -0.4 is 20.6 Å². The molecule has 0 aliphatic carbocycles. The van der Waals surface area contributed by atoms with Gasteiger partial charge in [0.05, 0.1) is 11.3 Å². The lowest BCUT2D eigenvalue weighted by atomic mass is 10.1. The lowest BCUT2D eigenvalue weighted by molar-refractivity contribution is -0.112. The van der Waals surface area contributed by atoms with Gasteiger partial charge in [-0.2, -0.15) is 14.6 Å². The number of thiazole rings is 1. The number of fused-ring (bicyclic) bond motifs is 2. The van der Waals surface area contributed by atoms with E-state index >= 15 is 0 Å². The Bertz CT molecular complexity index is 1490. The van der Waals surface area contributed by atoms with Gasteiger partial charge in [0.25, 0.3) is 11.5 Å². The first-order valence-corrected chi connectivity index (χ1v) is 10.2. The van der Waals surface area contributed by atoms with Gasteiger partial charge in [0.1, 0.15) is 4.53 Å². The number of rotatable bonds is 1. The largest absolute Gasteiger partial charge is 0.311 e. The van der Waals surface area contributed by atoms with Crippen LogP contribution in [0.3, 0.4) is 0 Å². The summed E-state index contributed by atoms with van der Waals surface area (Å²) in [6.45, 7) is 0. The minimum absolute atomic E-state index is 0.0903. The summed E-state index contributed by atoms with van der Waals surface area (Å²) in [5, 5.41) is 4.25. The van der Waals surface area contributed by atoms with Crippen LogP contribution in [0.15, 0.2) is 62.6 Å². The van der Waals surface area contributed by atoms with Crippen LogP contribution in [-0.2, 0) is 4.79 Å². The Morgan fingerprint density at radius 2 is 1.79 bits per heavy atom. The van der Waals surface area contributed by atoms with E-state index in [-0.39, 0.29) is 21.1 Å². The SMILES string of the molecule is CN1C(=O)C(=c2sc3nc(=O)c(-c4ccccc4)nn3c2=O)c2cc(Br)ccc21. The zero-order valence-electron chi connectivity index (χ0n) is 14.9. The van der Waals surface area contributed by atoms with Crippen molar-refractivity contribution in [3.63, 3.8) is 0 Å². The van der Waals surface area contributed by atoms with Gasteiger partial charge >= 0.3 is 5.56 Å². The van der Waals surface area contributed by atoms with Crippen molar-refractivity contribution in [1.82, 2.24) is 14.6 Å². The Kier molecular flexibility index (Phi) is 3.97. The first-order chi connectivity index (χ1) is 14.0. The molecule has 9 heteroatoms. The summed E-state index contributed by atoms with van der Waals surface area (Å²) in [7, 11) is 1.66. The van der Waals surface area contributed by atoms with Crippen molar-refractivity contribution < 1.29 is 4.79 Å². The third-order valence-corrected chi connectivity index (χ3v) is 6.27. The number of halogens is 1. The molecule has 0 bridgehead atoms. The zero-order chi connectivity index (χ0) is 20.3. The molecule has 0 radical (unpaired) electrons. The number of hydrogen-bond acceptors (Lipinski definition) is 6. The molecule has 1 aliphatic rings. The van der Waals surface area contributed by atoms with Crippen LogP contribution in [0.1, 0.15) is 5.56 Å². The molecule has 29 heavy (non-hydrogen) atoms. The molecule has 2 aromatic heterocycles. The minimum atomic E-state index is -0.521. The lowest BCUT2D eigenvalue weighted by Crippen LogP contribution is -2.31. The van der Waals surface area contributed by atoms with Gasteiger partial charge < -0.3 is 4.90 Å². The number of likely N-dealkylation sites (N-methyl/N-ethyl adjacent to an activating group) is 1. The number of anilines is 1. The molecule has 0 saturated carbocycles. The molecule has 0 unspecified atom stereocenters. The fourth-order valence-electron chi connectivity index (χ4n) is 3.35. The number of hydrogen-bond donors (Lipinski definition) is 0. The molecule has 4 aromatic rings. The third kappa shape index (κ3) is 2.65. The van der Waals surface area contributed by atoms with Crippen molar-refractivity contribution in [2.75, 3.05) is 11.9 Å². The summed E-state index contributed by atoms with van der Waals surface area (Å²) < 4.78 is 2.10. The van der Waals surface area contributed by atoms with E-state index in [1.165, 1.54) is 4.90 Å². The van der Waals surface area contributed by atoms with Crippen LogP contribution in [0.25, 0.3) is 21.8 Å². The summed E-state index contributed by atoms with van der Waals surface area (Å²) in [5.74, 6) is -0.284. The van der Waals surface area contributed by atoms with Gasteiger partial charge in [0, 0.05) is 22.6 Å². The van der Waals surface area contributed by atoms with Crippen LogP contribution in [-0.4, -0.2) is 27.6 Å². The van der Waals surface area contributed by atoms with E-state index in [1.54, 1.807) is 37.4 Å². The highest BCUT2D eigenvalue weighted by atomic mass is 79.9. The summed E-state index contributed by atoms with van der Waals surface area (Å²) in [5.41, 5.74) is 1.33. The third-order valence-electron chi connectivity index (χ3n) is 4.74. The highest BCUT2D eigenvalue weighted by Crippen LogP contribution is 2.36. The first-order valence-electron chi connectivity index (χ1n) is 8.57. The maximum atomic E-state index is 13.1. The second-order valence-corrected chi connectivity index (χ2v) is 8.36. The van der Waals surface area contributed by atoms with Crippen molar-refractivity contribution in [2.45, 2.75) is 0 Å². The Balaban J connectivity index is 1.86. The second kappa shape index (κ2) is 6.43. The van der Waals surface area contributed by atoms with E-state index in [9.17, 15) is 14.4 Å². The fourth-order valence-corrected chi connectivity index (χ4v) is 4.71. The van der Waals surface area contributed by atoms with Gasteiger partial charge in [-0.1, -0.05) is 57.6 Å². The maximum Gasteiger partial charge on any atom is 0.300 e. The summed E-state index contributed by atoms with van der Waals surface area (Å²) in [4.78, 5) is 44.2. The van der Waals surface area contributed by atoms with Crippen molar-refractivity contribution in [3.05, 3.63) is 83.8 Å². The number of nitrogens with zero attached hydrogens (tertiary/aromatic N) is 4. The standard InChI is InChI=1S/C20H11BrN4O3S/c1-24-13-8-7-11(21)9-12(13)14(18(24)27)16-19(28)25-20(29-16)22-17(26)15(23-25)10-5-3-2-4-6-10/h2-9H,1H3. The van der Waals surface area contributed by atoms with Crippen molar-refractivity contribution in [2.24, 2.45) is 0 Å². The van der Waals surface area contributed by atoms with E-state index in [1.807, 2.05) is 18.2 Å². The zero-order valence-corrected chi connectivity index (χ0v) is 17.3. The van der Waals surface area contributed by atoms with E-state index in [2.05, 4.69) is 26.0 Å². The molecule has 5 rings (SSSR count). The quantitative estimate of drug-likeness (QED) is 0.427. The van der Waals surface area contributed by atoms with Gasteiger partial charge in [-0.3, -0.25) is 14.4 Å². The van der Waals surface area contributed by atoms with Crippen molar-refractivity contribution in [1.29, 1.82) is 0 Å². The fraction of sp³-hybridized carbons (Fsp3) is 0.0500. The van der Waals surface area contributed by atoms with E-state index < -0.39 is 11.1 Å². The second-order valence-electron chi connectivity index (χ2n) is 6.46. The Hall–Kier alpha value is -3.17. The molecule has 0 N–H and O–H groups in total. The van der Waals surface area contributed by atoms with Crippen LogP contribution >= 0.6 is 27.3 Å². The average molecular weight is 467 g/mol. The number of carbonyl (C=O) groups excluding carboxylic acids is 1. The molecule has 7 nitrogen and oxygen atoms in total. The van der Waals surface area contributed by atoms with E-state index in [0.717, 1.165) is 20.3 Å². The monoisotopic (exact) mass is 466 g/mol. The Morgan fingerprint density at radius 1 is 1.03 bits per heavy atom. The first kappa shape index (κ1) is 17.9. The molecule has 0 atom stereocenters. The van der Waals surface area contributed by atoms with Crippen LogP contribution in [0.5, 0.6) is 0 Å². The molecule has 0 spiro atoms.